The minimum Gasteiger partial charge on any atom is -0.481 e. The number of hydrogen-bond donors (Lipinski definition) is 7. The highest BCUT2D eigenvalue weighted by atomic mass is 19.1. The normalized spacial score (nSPS) is 14.2. The van der Waals surface area contributed by atoms with Crippen molar-refractivity contribution < 1.29 is 54.2 Å². The number of aliphatic hydroxyl groups is 4. The fourth-order valence-corrected chi connectivity index (χ4v) is 6.77. The van der Waals surface area contributed by atoms with Gasteiger partial charge < -0.3 is 40.9 Å². The number of carbonyl (C=O) groups is 4. The van der Waals surface area contributed by atoms with Crippen LogP contribution in [0, 0.1) is 5.82 Å². The van der Waals surface area contributed by atoms with Gasteiger partial charge in [-0.25, -0.2) is 4.39 Å². The molecule has 54 heavy (non-hydrogen) atoms. The highest BCUT2D eigenvalue weighted by Gasteiger charge is 2.41. The van der Waals surface area contributed by atoms with E-state index >= 15 is 4.79 Å². The number of aliphatic hydroxyl groups excluding tert-OH is 4. The Morgan fingerprint density at radius 1 is 0.741 bits per heavy atom. The van der Waals surface area contributed by atoms with Crippen LogP contribution in [0.15, 0.2) is 84.9 Å². The summed E-state index contributed by atoms with van der Waals surface area (Å²) in [5.74, 6) is -5.42. The average molecular weight is 748 g/mol. The number of halogens is 1. The standard InChI is InChI=1S/C40H46FN3O10/c1-23(2)36-35(40(54)44(27-11-7-4-8-12-27)38(39(42)53)31(48)20-30(47)22-33(51)52)34(24-9-5-3-6-10-24)37(25-13-15-26(41)16-14-25)43(36)18-17-28(45)19-29(46)21-32(49)50/h3-16,23,28-31,38,45-48H,17-22H2,1-2H3,(H2,42,53)(H,49,50)(H,51,52)/t28-,29-,30?,31?,38?/m1/s1. The van der Waals surface area contributed by atoms with E-state index in [4.69, 9.17) is 10.8 Å². The molecule has 0 aliphatic heterocycles. The molecule has 0 fully saturated rings. The Morgan fingerprint density at radius 3 is 1.80 bits per heavy atom. The van der Waals surface area contributed by atoms with Crippen molar-refractivity contribution in [3.05, 3.63) is 102 Å². The SMILES string of the molecule is CC(C)c1c(C(=O)N(c2ccccc2)C(C(N)=O)C(O)CC(O)CC(=O)O)c(-c2ccccc2)c(-c2ccc(F)cc2)n1CC[C@@H](O)C[C@@H](O)CC(=O)O. The van der Waals surface area contributed by atoms with Crippen LogP contribution in [0.5, 0.6) is 0 Å². The van der Waals surface area contributed by atoms with E-state index in [1.165, 1.54) is 36.4 Å². The molecule has 5 atom stereocenters. The van der Waals surface area contributed by atoms with Crippen LogP contribution in [0.3, 0.4) is 0 Å². The van der Waals surface area contributed by atoms with E-state index in [1.807, 2.05) is 13.8 Å². The van der Waals surface area contributed by atoms with Crippen LogP contribution < -0.4 is 10.6 Å². The van der Waals surface area contributed by atoms with E-state index < -0.39 is 85.2 Å². The van der Waals surface area contributed by atoms with E-state index in [0.717, 1.165) is 4.90 Å². The summed E-state index contributed by atoms with van der Waals surface area (Å²) >= 11 is 0. The molecule has 3 unspecified atom stereocenters. The first kappa shape index (κ1) is 41.3. The second-order valence-electron chi connectivity index (χ2n) is 13.5. The monoisotopic (exact) mass is 747 g/mol. The lowest BCUT2D eigenvalue weighted by Crippen LogP contribution is -2.55. The van der Waals surface area contributed by atoms with Gasteiger partial charge in [0.15, 0.2) is 0 Å². The van der Waals surface area contributed by atoms with Crippen LogP contribution in [0.25, 0.3) is 22.4 Å². The highest BCUT2D eigenvalue weighted by Crippen LogP contribution is 2.44. The van der Waals surface area contributed by atoms with E-state index in [9.17, 15) is 44.3 Å². The Balaban J connectivity index is 2.03. The molecule has 13 nitrogen and oxygen atoms in total. The maximum atomic E-state index is 15.5. The van der Waals surface area contributed by atoms with Crippen LogP contribution in [0.1, 0.15) is 67.9 Å². The van der Waals surface area contributed by atoms with Crippen LogP contribution >= 0.6 is 0 Å². The minimum atomic E-state index is -1.81. The summed E-state index contributed by atoms with van der Waals surface area (Å²) in [6.45, 7) is 3.70. The number of aliphatic carboxylic acids is 2. The van der Waals surface area contributed by atoms with Gasteiger partial charge in [0.1, 0.15) is 11.9 Å². The number of nitrogens with two attached hydrogens (primary N) is 1. The zero-order chi connectivity index (χ0) is 39.7. The zero-order valence-electron chi connectivity index (χ0n) is 30.0. The van der Waals surface area contributed by atoms with Crippen LogP contribution in [-0.2, 0) is 20.9 Å². The first-order valence-corrected chi connectivity index (χ1v) is 17.5. The first-order valence-electron chi connectivity index (χ1n) is 17.5. The fourth-order valence-electron chi connectivity index (χ4n) is 6.77. The van der Waals surface area contributed by atoms with Crippen LogP contribution in [-0.4, -0.2) is 89.4 Å². The highest BCUT2D eigenvalue weighted by molar-refractivity contribution is 6.16. The molecule has 4 aromatic rings. The number of benzene rings is 3. The molecule has 14 heteroatoms. The van der Waals surface area contributed by atoms with E-state index in [0.29, 0.717) is 28.1 Å². The van der Waals surface area contributed by atoms with Gasteiger partial charge in [0.25, 0.3) is 5.91 Å². The third-order valence-corrected chi connectivity index (χ3v) is 9.00. The third kappa shape index (κ3) is 10.2. The molecule has 0 aliphatic carbocycles. The summed E-state index contributed by atoms with van der Waals surface area (Å²) < 4.78 is 16.1. The predicted molar refractivity (Wildman–Crippen MR) is 198 cm³/mol. The Kier molecular flexibility index (Phi) is 14.2. The third-order valence-electron chi connectivity index (χ3n) is 9.00. The minimum absolute atomic E-state index is 0.00756. The molecular formula is C40H46FN3O10. The maximum Gasteiger partial charge on any atom is 0.305 e. The Hall–Kier alpha value is -5.41. The number of primary amides is 1. The number of carboxylic acid groups (broad SMARTS) is 2. The van der Waals surface area contributed by atoms with Crippen molar-refractivity contribution in [2.45, 2.75) is 88.9 Å². The molecule has 1 aromatic heterocycles. The lowest BCUT2D eigenvalue weighted by Gasteiger charge is -2.34. The number of carbonyl (C=O) groups excluding carboxylic acids is 2. The number of hydrogen-bond acceptors (Lipinski definition) is 8. The van der Waals surface area contributed by atoms with Gasteiger partial charge in [-0.2, -0.15) is 0 Å². The molecule has 3 aromatic carbocycles. The molecule has 0 saturated carbocycles. The number of carboxylic acids is 2. The van der Waals surface area contributed by atoms with Gasteiger partial charge in [-0.3, -0.25) is 24.1 Å². The molecular weight excluding hydrogens is 701 g/mol. The molecule has 1 heterocycles. The van der Waals surface area contributed by atoms with Crippen molar-refractivity contribution in [2.75, 3.05) is 4.90 Å². The van der Waals surface area contributed by atoms with E-state index in [1.54, 1.807) is 53.1 Å². The van der Waals surface area contributed by atoms with Gasteiger partial charge in [-0.15, -0.1) is 0 Å². The number of rotatable bonds is 19. The molecule has 0 spiro atoms. The van der Waals surface area contributed by atoms with Crippen molar-refractivity contribution in [3.8, 4) is 22.4 Å². The molecule has 0 saturated heterocycles. The summed E-state index contributed by atoms with van der Waals surface area (Å²) in [5, 5.41) is 61.3. The van der Waals surface area contributed by atoms with Crippen LogP contribution in [0.2, 0.25) is 0 Å². The zero-order valence-corrected chi connectivity index (χ0v) is 30.0. The topological polar surface area (TPSA) is 224 Å². The van der Waals surface area contributed by atoms with Crippen molar-refractivity contribution in [1.29, 1.82) is 0 Å². The van der Waals surface area contributed by atoms with Gasteiger partial charge >= 0.3 is 11.9 Å². The second-order valence-corrected chi connectivity index (χ2v) is 13.5. The smallest absolute Gasteiger partial charge is 0.305 e. The Bertz CT molecular complexity index is 1900. The number of anilines is 1. The summed E-state index contributed by atoms with van der Waals surface area (Å²) in [7, 11) is 0. The largest absolute Gasteiger partial charge is 0.481 e. The van der Waals surface area contributed by atoms with Gasteiger partial charge in [0, 0.05) is 29.9 Å². The first-order chi connectivity index (χ1) is 25.6. The molecule has 0 radical (unpaired) electrons. The van der Waals surface area contributed by atoms with Crippen molar-refractivity contribution in [1.82, 2.24) is 4.57 Å². The van der Waals surface area contributed by atoms with E-state index in [-0.39, 0.29) is 30.6 Å². The molecule has 8 N–H and O–H groups in total. The molecule has 0 bridgehead atoms. The van der Waals surface area contributed by atoms with Crippen LogP contribution in [0.4, 0.5) is 10.1 Å². The number of aromatic nitrogens is 1. The molecule has 288 valence electrons. The summed E-state index contributed by atoms with van der Waals surface area (Å²) in [4.78, 5) is 52.2. The van der Waals surface area contributed by atoms with Gasteiger partial charge in [-0.05, 0) is 66.3 Å². The van der Waals surface area contributed by atoms with Gasteiger partial charge in [0.2, 0.25) is 5.91 Å². The number of nitrogens with zero attached hydrogens (tertiary/aromatic N) is 2. The van der Waals surface area contributed by atoms with E-state index in [2.05, 4.69) is 0 Å². The number of amides is 2. The summed E-state index contributed by atoms with van der Waals surface area (Å²) in [6, 6.07) is 20.6. The Morgan fingerprint density at radius 2 is 1.28 bits per heavy atom. The quantitative estimate of drug-likeness (QED) is 0.0726. The summed E-state index contributed by atoms with van der Waals surface area (Å²) in [6.07, 6.45) is -7.99. The maximum absolute atomic E-state index is 15.5. The predicted octanol–water partition coefficient (Wildman–Crippen LogP) is 4.15. The number of para-hydroxylation sites is 1. The second kappa shape index (κ2) is 18.6. The average Bonchev–Trinajstić information content (AvgIpc) is 3.45. The van der Waals surface area contributed by atoms with Crippen molar-refractivity contribution in [3.63, 3.8) is 0 Å². The molecule has 0 aliphatic rings. The van der Waals surface area contributed by atoms with Gasteiger partial charge in [-0.1, -0.05) is 62.4 Å². The van der Waals surface area contributed by atoms with Gasteiger partial charge in [0.05, 0.1) is 48.5 Å². The molecule has 4 rings (SSSR count). The van der Waals surface area contributed by atoms with Crippen molar-refractivity contribution in [2.24, 2.45) is 5.73 Å². The lowest BCUT2D eigenvalue weighted by molar-refractivity contribution is -0.140. The lowest BCUT2D eigenvalue weighted by atomic mass is 9.92. The summed E-state index contributed by atoms with van der Waals surface area (Å²) in [5.41, 5.74) is 8.44. The van der Waals surface area contributed by atoms with Crippen molar-refractivity contribution >= 4 is 29.4 Å². The molecule has 2 amide bonds. The Labute approximate surface area is 311 Å². The fraction of sp³-hybridized carbons (Fsp3) is 0.350.